The fourth-order valence-corrected chi connectivity index (χ4v) is 5.38. The zero-order valence-electron chi connectivity index (χ0n) is 22.6. The number of carbonyl (C=O) groups is 1. The summed E-state index contributed by atoms with van der Waals surface area (Å²) in [4.78, 5) is 33.5. The monoisotopic (exact) mass is 537 g/mol. The lowest BCUT2D eigenvalue weighted by Crippen LogP contribution is -2.50. The molecule has 0 saturated carbocycles. The van der Waals surface area contributed by atoms with E-state index in [2.05, 4.69) is 50.5 Å². The number of aryl methyl sites for hydroxylation is 4. The Balaban J connectivity index is 1.35. The van der Waals surface area contributed by atoms with Gasteiger partial charge < -0.3 is 14.3 Å². The second-order valence-electron chi connectivity index (χ2n) is 10.3. The Bertz CT molecular complexity index is 1680. The van der Waals surface area contributed by atoms with Gasteiger partial charge in [0.2, 0.25) is 0 Å². The van der Waals surface area contributed by atoms with E-state index in [1.807, 2.05) is 37.3 Å². The molecule has 0 spiro atoms. The number of hydrogen-bond acceptors (Lipinski definition) is 7. The molecule has 1 amide bonds. The third-order valence-corrected chi connectivity index (χ3v) is 7.74. The van der Waals surface area contributed by atoms with Crippen LogP contribution in [-0.2, 0) is 13.0 Å². The summed E-state index contributed by atoms with van der Waals surface area (Å²) in [7, 11) is 0. The Morgan fingerprint density at radius 3 is 2.52 bits per heavy atom. The topological polar surface area (TPSA) is 113 Å². The van der Waals surface area contributed by atoms with Crippen molar-refractivity contribution in [3.8, 4) is 0 Å². The summed E-state index contributed by atoms with van der Waals surface area (Å²) in [6.45, 7) is 6.76. The minimum absolute atomic E-state index is 0.136. The number of carbonyl (C=O) groups excluding carboxylic acids is 1. The number of nitrogens with one attached hydrogen (secondary N) is 1. The third kappa shape index (κ3) is 5.05. The normalized spacial score (nSPS) is 15.0. The fourth-order valence-electron chi connectivity index (χ4n) is 5.38. The van der Waals surface area contributed by atoms with E-state index in [-0.39, 0.29) is 11.5 Å². The molecule has 1 saturated heterocycles. The molecule has 10 nitrogen and oxygen atoms in total. The van der Waals surface area contributed by atoms with E-state index in [1.54, 1.807) is 21.7 Å². The quantitative estimate of drug-likeness (QED) is 0.338. The van der Waals surface area contributed by atoms with Crippen LogP contribution in [0.1, 0.15) is 44.7 Å². The van der Waals surface area contributed by atoms with Gasteiger partial charge in [0.1, 0.15) is 6.04 Å². The Labute approximate surface area is 231 Å². The van der Waals surface area contributed by atoms with Crippen molar-refractivity contribution in [2.45, 2.75) is 32.9 Å². The van der Waals surface area contributed by atoms with Crippen LogP contribution in [0.4, 0.5) is 0 Å². The number of benzene rings is 2. The molecule has 1 fully saturated rings. The molecule has 0 bridgehead atoms. The van der Waals surface area contributed by atoms with E-state index < -0.39 is 6.04 Å². The molecule has 2 aromatic carbocycles. The molecule has 3 aromatic heterocycles. The molecule has 1 aliphatic rings. The van der Waals surface area contributed by atoms with E-state index in [9.17, 15) is 9.59 Å². The Hall–Kier alpha value is -4.57. The Morgan fingerprint density at radius 2 is 1.77 bits per heavy atom. The lowest BCUT2D eigenvalue weighted by Gasteiger charge is -2.38. The van der Waals surface area contributed by atoms with Gasteiger partial charge in [-0.25, -0.2) is 4.68 Å². The van der Waals surface area contributed by atoms with Crippen LogP contribution in [0, 0.1) is 13.8 Å². The van der Waals surface area contributed by atoms with Crippen molar-refractivity contribution >= 4 is 16.8 Å². The molecule has 0 radical (unpaired) electrons. The summed E-state index contributed by atoms with van der Waals surface area (Å²) in [6.07, 6.45) is 2.26. The van der Waals surface area contributed by atoms with Gasteiger partial charge in [-0.1, -0.05) is 30.3 Å². The molecule has 1 N–H and O–H groups in total. The van der Waals surface area contributed by atoms with E-state index in [1.165, 1.54) is 11.8 Å². The van der Waals surface area contributed by atoms with Gasteiger partial charge in [0, 0.05) is 43.8 Å². The largest absolute Gasteiger partial charge is 0.459 e. The van der Waals surface area contributed by atoms with Crippen molar-refractivity contribution < 1.29 is 9.21 Å². The van der Waals surface area contributed by atoms with Crippen LogP contribution < -0.4 is 5.56 Å². The molecule has 1 atom stereocenters. The number of furan rings is 1. The first-order valence-corrected chi connectivity index (χ1v) is 13.5. The van der Waals surface area contributed by atoms with Crippen LogP contribution in [0.2, 0.25) is 0 Å². The van der Waals surface area contributed by atoms with Gasteiger partial charge in [-0.05, 0) is 83.1 Å². The Kier molecular flexibility index (Phi) is 7.00. The molecule has 1 aliphatic heterocycles. The zero-order chi connectivity index (χ0) is 27.6. The summed E-state index contributed by atoms with van der Waals surface area (Å²) in [5.41, 5.74) is 4.66. The second-order valence-corrected chi connectivity index (χ2v) is 10.3. The molecule has 4 heterocycles. The van der Waals surface area contributed by atoms with Crippen molar-refractivity contribution in [2.24, 2.45) is 0 Å². The van der Waals surface area contributed by atoms with E-state index in [4.69, 9.17) is 4.42 Å². The molecule has 40 heavy (non-hydrogen) atoms. The summed E-state index contributed by atoms with van der Waals surface area (Å²) in [5.74, 6) is 0.796. The minimum Gasteiger partial charge on any atom is -0.459 e. The van der Waals surface area contributed by atoms with Crippen LogP contribution in [-0.4, -0.2) is 67.1 Å². The highest BCUT2D eigenvalue weighted by atomic mass is 16.3. The maximum atomic E-state index is 13.6. The maximum absolute atomic E-state index is 13.6. The van der Waals surface area contributed by atoms with Gasteiger partial charge in [0.25, 0.3) is 11.5 Å². The molecule has 5 aromatic rings. The molecular formula is C30H31N7O3. The standard InChI is InChI=1S/C30H31N7O3/c1-20-17-23-19-24(29(38)31-25(23)18-21(20)2)27(28-32-33-34-37(28)11-10-22-7-4-3-5-8-22)35-12-14-36(15-13-35)30(39)26-9-6-16-40-26/h3-9,16-19,27H,10-15H2,1-2H3,(H,31,38)/t27-/m1/s1. The van der Waals surface area contributed by atoms with Crippen molar-refractivity contribution in [1.82, 2.24) is 35.0 Å². The number of nitrogens with zero attached hydrogens (tertiary/aromatic N) is 6. The number of H-pyrrole nitrogens is 1. The van der Waals surface area contributed by atoms with Gasteiger partial charge in [-0.3, -0.25) is 14.5 Å². The minimum atomic E-state index is -0.485. The number of pyridine rings is 1. The van der Waals surface area contributed by atoms with Crippen LogP contribution in [0.3, 0.4) is 0 Å². The number of amides is 1. The molecule has 10 heteroatoms. The zero-order valence-corrected chi connectivity index (χ0v) is 22.6. The predicted molar refractivity (Wildman–Crippen MR) is 150 cm³/mol. The number of fused-ring (bicyclic) bond motifs is 1. The first kappa shape index (κ1) is 25.7. The van der Waals surface area contributed by atoms with Gasteiger partial charge in [-0.15, -0.1) is 5.10 Å². The first-order valence-electron chi connectivity index (χ1n) is 13.5. The molecule has 0 aliphatic carbocycles. The highest BCUT2D eigenvalue weighted by Gasteiger charge is 2.34. The highest BCUT2D eigenvalue weighted by Crippen LogP contribution is 2.29. The number of piperazine rings is 1. The first-order chi connectivity index (χ1) is 19.5. The number of hydrogen-bond donors (Lipinski definition) is 1. The van der Waals surface area contributed by atoms with Crippen LogP contribution in [0.15, 0.2) is 76.1 Å². The van der Waals surface area contributed by atoms with Crippen LogP contribution in [0.5, 0.6) is 0 Å². The van der Waals surface area contributed by atoms with Gasteiger partial charge >= 0.3 is 0 Å². The summed E-state index contributed by atoms with van der Waals surface area (Å²) >= 11 is 0. The summed E-state index contributed by atoms with van der Waals surface area (Å²) in [6, 6.07) is 19.1. The van der Waals surface area contributed by atoms with Crippen molar-refractivity contribution in [2.75, 3.05) is 26.2 Å². The van der Waals surface area contributed by atoms with Gasteiger partial charge in [0.15, 0.2) is 11.6 Å². The average molecular weight is 538 g/mol. The van der Waals surface area contributed by atoms with E-state index >= 15 is 0 Å². The predicted octanol–water partition coefficient (Wildman–Crippen LogP) is 3.51. The van der Waals surface area contributed by atoms with E-state index in [0.29, 0.717) is 49.9 Å². The average Bonchev–Trinajstić information content (AvgIpc) is 3.67. The number of aromatic nitrogens is 5. The van der Waals surface area contributed by atoms with Crippen LogP contribution in [0.25, 0.3) is 10.9 Å². The molecule has 6 rings (SSSR count). The lowest BCUT2D eigenvalue weighted by atomic mass is 10.00. The molecule has 0 unspecified atom stereocenters. The van der Waals surface area contributed by atoms with Crippen molar-refractivity contribution in [3.05, 3.63) is 111 Å². The fraction of sp³-hybridized carbons (Fsp3) is 0.300. The highest BCUT2D eigenvalue weighted by molar-refractivity contribution is 5.91. The third-order valence-electron chi connectivity index (χ3n) is 7.74. The van der Waals surface area contributed by atoms with Crippen LogP contribution >= 0.6 is 0 Å². The Morgan fingerprint density at radius 1 is 1.00 bits per heavy atom. The maximum Gasteiger partial charge on any atom is 0.289 e. The number of rotatable bonds is 7. The second kappa shape index (κ2) is 10.9. The van der Waals surface area contributed by atoms with E-state index in [0.717, 1.165) is 28.5 Å². The molecule has 204 valence electrons. The van der Waals surface area contributed by atoms with Gasteiger partial charge in [0.05, 0.1) is 6.26 Å². The smallest absolute Gasteiger partial charge is 0.289 e. The lowest BCUT2D eigenvalue weighted by molar-refractivity contribution is 0.0558. The number of tetrazole rings is 1. The SMILES string of the molecule is Cc1cc2cc([C@H](c3nnnn3CCc3ccccc3)N3CCN(C(=O)c4ccco4)CC3)c(=O)[nH]c2cc1C. The van der Waals surface area contributed by atoms with Crippen molar-refractivity contribution in [1.29, 1.82) is 0 Å². The molecular weight excluding hydrogens is 506 g/mol. The summed E-state index contributed by atoms with van der Waals surface area (Å²) < 4.78 is 7.12. The summed E-state index contributed by atoms with van der Waals surface area (Å²) in [5, 5.41) is 13.7. The number of aromatic amines is 1. The van der Waals surface area contributed by atoms with Gasteiger partial charge in [-0.2, -0.15) is 0 Å². The van der Waals surface area contributed by atoms with Crippen molar-refractivity contribution in [3.63, 3.8) is 0 Å².